The van der Waals surface area contributed by atoms with E-state index in [1.165, 1.54) is 12.1 Å². The first-order valence-corrected chi connectivity index (χ1v) is 7.19. The van der Waals surface area contributed by atoms with Crippen molar-refractivity contribution < 1.29 is 8.78 Å². The number of aryl methyl sites for hydroxylation is 1. The average molecular weight is 361 g/mol. The zero-order chi connectivity index (χ0) is 14.9. The normalized spacial score (nSPS) is 12.5. The first-order valence-electron chi connectivity index (χ1n) is 6.02. The molecule has 1 nitrogen and oxygen atoms in total. The molecule has 0 radical (unpaired) electrons. The molecule has 0 aliphatic rings. The van der Waals surface area contributed by atoms with Crippen LogP contribution in [0.25, 0.3) is 0 Å². The van der Waals surface area contributed by atoms with Gasteiger partial charge in [0.15, 0.2) is 0 Å². The van der Waals surface area contributed by atoms with Crippen LogP contribution in [0.1, 0.15) is 22.7 Å². The maximum Gasteiger partial charge on any atom is 0.145 e. The molecule has 1 atom stereocenters. The summed E-state index contributed by atoms with van der Waals surface area (Å²) in [6.07, 6.45) is 0. The molecule has 0 saturated heterocycles. The maximum absolute atomic E-state index is 14.2. The van der Waals surface area contributed by atoms with E-state index >= 15 is 0 Å². The van der Waals surface area contributed by atoms with Crippen LogP contribution in [0.2, 0.25) is 5.02 Å². The van der Waals surface area contributed by atoms with Crippen molar-refractivity contribution in [2.45, 2.75) is 13.0 Å². The van der Waals surface area contributed by atoms with Crippen LogP contribution in [0.3, 0.4) is 0 Å². The highest BCUT2D eigenvalue weighted by Gasteiger charge is 2.22. The Bertz CT molecular complexity index is 646. The summed E-state index contributed by atoms with van der Waals surface area (Å²) in [4.78, 5) is 0. The molecule has 0 aliphatic carbocycles. The molecule has 1 unspecified atom stereocenters. The zero-order valence-electron chi connectivity index (χ0n) is 11.0. The fourth-order valence-electron chi connectivity index (χ4n) is 2.13. The third kappa shape index (κ3) is 2.87. The zero-order valence-corrected chi connectivity index (χ0v) is 13.3. The number of nitrogens with one attached hydrogen (secondary N) is 1. The molecule has 2 aromatic rings. The van der Waals surface area contributed by atoms with Crippen LogP contribution in [0, 0.1) is 18.6 Å². The highest BCUT2D eigenvalue weighted by Crippen LogP contribution is 2.31. The van der Waals surface area contributed by atoms with E-state index in [2.05, 4.69) is 21.2 Å². The first kappa shape index (κ1) is 15.4. The summed E-state index contributed by atoms with van der Waals surface area (Å²) in [5.41, 5.74) is 1.61. The van der Waals surface area contributed by atoms with Gasteiger partial charge in [-0.3, -0.25) is 0 Å². The van der Waals surface area contributed by atoms with Gasteiger partial charge in [-0.15, -0.1) is 0 Å². The van der Waals surface area contributed by atoms with E-state index in [1.807, 2.05) is 13.0 Å². The van der Waals surface area contributed by atoms with Gasteiger partial charge >= 0.3 is 0 Å². The Hall–Kier alpha value is -0.970. The van der Waals surface area contributed by atoms with Gasteiger partial charge in [-0.1, -0.05) is 23.7 Å². The Kier molecular flexibility index (Phi) is 4.78. The molecule has 0 amide bonds. The van der Waals surface area contributed by atoms with E-state index in [4.69, 9.17) is 11.6 Å². The minimum Gasteiger partial charge on any atom is -0.309 e. The lowest BCUT2D eigenvalue weighted by molar-refractivity contribution is 0.518. The van der Waals surface area contributed by atoms with Crippen molar-refractivity contribution in [1.29, 1.82) is 0 Å². The molecule has 0 fully saturated rings. The van der Waals surface area contributed by atoms with Crippen LogP contribution >= 0.6 is 27.5 Å². The van der Waals surface area contributed by atoms with Crippen LogP contribution in [0.5, 0.6) is 0 Å². The van der Waals surface area contributed by atoms with Gasteiger partial charge in [0.2, 0.25) is 0 Å². The fraction of sp³-hybridized carbons (Fsp3) is 0.200. The number of hydrogen-bond donors (Lipinski definition) is 1. The molecule has 5 heteroatoms. The van der Waals surface area contributed by atoms with E-state index in [9.17, 15) is 8.78 Å². The van der Waals surface area contributed by atoms with Gasteiger partial charge in [0, 0.05) is 10.6 Å². The van der Waals surface area contributed by atoms with Crippen LogP contribution in [-0.2, 0) is 0 Å². The number of rotatable bonds is 3. The molecule has 2 rings (SSSR count). The Balaban J connectivity index is 2.58. The Morgan fingerprint density at radius 2 is 1.90 bits per heavy atom. The average Bonchev–Trinajstić information content (AvgIpc) is 2.42. The predicted molar refractivity (Wildman–Crippen MR) is 81.1 cm³/mol. The Morgan fingerprint density at radius 1 is 1.20 bits per heavy atom. The second-order valence-corrected chi connectivity index (χ2v) is 5.75. The van der Waals surface area contributed by atoms with E-state index in [-0.39, 0.29) is 10.0 Å². The highest BCUT2D eigenvalue weighted by molar-refractivity contribution is 9.10. The Labute approximate surface area is 130 Å². The van der Waals surface area contributed by atoms with Gasteiger partial charge in [0.1, 0.15) is 11.6 Å². The van der Waals surface area contributed by atoms with Gasteiger partial charge in [-0.25, -0.2) is 8.78 Å². The number of benzene rings is 2. The lowest BCUT2D eigenvalue weighted by Crippen LogP contribution is -2.20. The lowest BCUT2D eigenvalue weighted by Gasteiger charge is -2.20. The second-order valence-electron chi connectivity index (χ2n) is 4.49. The molecule has 0 aromatic heterocycles. The summed E-state index contributed by atoms with van der Waals surface area (Å²) in [5.74, 6) is -1.19. The minimum atomic E-state index is -0.600. The number of halogens is 4. The highest BCUT2D eigenvalue weighted by atomic mass is 79.9. The summed E-state index contributed by atoms with van der Waals surface area (Å²) < 4.78 is 28.5. The fourth-order valence-corrected chi connectivity index (χ4v) is 2.60. The summed E-state index contributed by atoms with van der Waals surface area (Å²) in [7, 11) is 1.66. The van der Waals surface area contributed by atoms with Crippen LogP contribution in [-0.4, -0.2) is 7.05 Å². The molecule has 0 heterocycles. The lowest BCUT2D eigenvalue weighted by atomic mass is 9.96. The maximum atomic E-state index is 14.2. The van der Waals surface area contributed by atoms with Gasteiger partial charge in [-0.05, 0) is 59.2 Å². The molecular weight excluding hydrogens is 348 g/mol. The third-order valence-electron chi connectivity index (χ3n) is 3.17. The van der Waals surface area contributed by atoms with Crippen LogP contribution in [0.4, 0.5) is 8.78 Å². The van der Waals surface area contributed by atoms with Gasteiger partial charge in [0.25, 0.3) is 0 Å². The standard InChI is InChI=1S/C15H13BrClF2N/c1-8-7-9(3-5-11(8)17)15(20-2)13-12(18)6-4-10(16)14(13)19/h3-7,15,20H,1-2H3. The van der Waals surface area contributed by atoms with Crippen LogP contribution in [0.15, 0.2) is 34.8 Å². The summed E-state index contributed by atoms with van der Waals surface area (Å²) in [6.45, 7) is 1.85. The van der Waals surface area contributed by atoms with Crippen molar-refractivity contribution in [1.82, 2.24) is 5.32 Å². The van der Waals surface area contributed by atoms with Crippen molar-refractivity contribution in [3.8, 4) is 0 Å². The van der Waals surface area contributed by atoms with E-state index in [1.54, 1.807) is 19.2 Å². The van der Waals surface area contributed by atoms with Gasteiger partial charge < -0.3 is 5.32 Å². The SMILES string of the molecule is CNC(c1ccc(Cl)c(C)c1)c1c(F)ccc(Br)c1F. The van der Waals surface area contributed by atoms with E-state index < -0.39 is 17.7 Å². The molecule has 2 aromatic carbocycles. The summed E-state index contributed by atoms with van der Waals surface area (Å²) in [5, 5.41) is 3.57. The van der Waals surface area contributed by atoms with Crippen LogP contribution < -0.4 is 5.32 Å². The first-order chi connectivity index (χ1) is 9.45. The molecule has 106 valence electrons. The summed E-state index contributed by atoms with van der Waals surface area (Å²) >= 11 is 9.07. The predicted octanol–water partition coefficient (Wildman–Crippen LogP) is 5.00. The van der Waals surface area contributed by atoms with E-state index in [0.29, 0.717) is 5.02 Å². The van der Waals surface area contributed by atoms with Crippen molar-refractivity contribution in [2.24, 2.45) is 0 Å². The topological polar surface area (TPSA) is 12.0 Å². The van der Waals surface area contributed by atoms with E-state index in [0.717, 1.165) is 11.1 Å². The molecule has 20 heavy (non-hydrogen) atoms. The molecule has 0 spiro atoms. The monoisotopic (exact) mass is 359 g/mol. The van der Waals surface area contributed by atoms with Gasteiger partial charge in [-0.2, -0.15) is 0 Å². The molecule has 0 saturated carbocycles. The summed E-state index contributed by atoms with van der Waals surface area (Å²) in [6, 6.07) is 7.33. The molecule has 0 bridgehead atoms. The molecule has 1 N–H and O–H groups in total. The largest absolute Gasteiger partial charge is 0.309 e. The molecule has 0 aliphatic heterocycles. The Morgan fingerprint density at radius 3 is 2.50 bits per heavy atom. The van der Waals surface area contributed by atoms with Crippen molar-refractivity contribution in [3.05, 3.63) is 68.2 Å². The quantitative estimate of drug-likeness (QED) is 0.760. The smallest absolute Gasteiger partial charge is 0.145 e. The van der Waals surface area contributed by atoms with Crippen molar-refractivity contribution >= 4 is 27.5 Å². The third-order valence-corrected chi connectivity index (χ3v) is 4.21. The minimum absolute atomic E-state index is 0.0106. The molecular formula is C15H13BrClF2N. The number of hydrogen-bond acceptors (Lipinski definition) is 1. The van der Waals surface area contributed by atoms with Gasteiger partial charge in [0.05, 0.1) is 10.5 Å². The van der Waals surface area contributed by atoms with Crippen molar-refractivity contribution in [2.75, 3.05) is 7.05 Å². The second kappa shape index (κ2) is 6.20. The van der Waals surface area contributed by atoms with Crippen molar-refractivity contribution in [3.63, 3.8) is 0 Å².